The predicted octanol–water partition coefficient (Wildman–Crippen LogP) is 1.00. The van der Waals surface area contributed by atoms with E-state index in [0.717, 1.165) is 5.76 Å². The van der Waals surface area contributed by atoms with Gasteiger partial charge in [-0.2, -0.15) is 0 Å². The second kappa shape index (κ2) is 9.90. The molecule has 0 aromatic carbocycles. The van der Waals surface area contributed by atoms with Gasteiger partial charge < -0.3 is 20.2 Å². The lowest BCUT2D eigenvalue weighted by Gasteiger charge is -2.20. The summed E-state index contributed by atoms with van der Waals surface area (Å²) in [5.74, 6) is 1.96. The van der Waals surface area contributed by atoms with Gasteiger partial charge in [0.15, 0.2) is 5.96 Å². The van der Waals surface area contributed by atoms with Crippen LogP contribution in [0.4, 0.5) is 0 Å². The summed E-state index contributed by atoms with van der Waals surface area (Å²) >= 11 is 0. The van der Waals surface area contributed by atoms with Crippen LogP contribution in [0.2, 0.25) is 0 Å². The molecule has 1 unspecified atom stereocenters. The maximum atomic E-state index is 11.8. The van der Waals surface area contributed by atoms with Gasteiger partial charge in [-0.3, -0.25) is 0 Å². The number of hydrogen-bond donors (Lipinski definition) is 3. The number of guanidine groups is 1. The van der Waals surface area contributed by atoms with Gasteiger partial charge in [0, 0.05) is 26.2 Å². The van der Waals surface area contributed by atoms with Crippen molar-refractivity contribution in [1.29, 1.82) is 0 Å². The minimum Gasteiger partial charge on any atom is -0.463 e. The Balaban J connectivity index is 0.00000338. The molecule has 2 heterocycles. The van der Waals surface area contributed by atoms with Gasteiger partial charge in [-0.15, -0.1) is 24.0 Å². The number of furan rings is 1. The minimum atomic E-state index is -3.09. The fraction of sp³-hybridized carbons (Fsp3) is 0.688. The number of nitrogens with one attached hydrogen (secondary N) is 2. The van der Waals surface area contributed by atoms with E-state index in [1.807, 2.05) is 13.8 Å². The smallest absolute Gasteiger partial charge is 0.214 e. The van der Waals surface area contributed by atoms with E-state index < -0.39 is 15.6 Å². The molecule has 0 amide bonds. The first-order chi connectivity index (χ1) is 11.7. The van der Waals surface area contributed by atoms with Crippen molar-refractivity contribution in [3.8, 4) is 0 Å². The van der Waals surface area contributed by atoms with Gasteiger partial charge in [-0.1, -0.05) is 0 Å². The van der Waals surface area contributed by atoms with Crippen molar-refractivity contribution in [2.45, 2.75) is 32.8 Å². The van der Waals surface area contributed by atoms with Crippen molar-refractivity contribution in [1.82, 2.24) is 14.9 Å². The maximum Gasteiger partial charge on any atom is 0.214 e. The van der Waals surface area contributed by atoms with Crippen LogP contribution in [0.3, 0.4) is 0 Å². The Morgan fingerprint density at radius 3 is 2.69 bits per heavy atom. The van der Waals surface area contributed by atoms with Gasteiger partial charge in [-0.25, -0.2) is 17.7 Å². The Bertz CT molecular complexity index is 703. The lowest BCUT2D eigenvalue weighted by atomic mass is 10.0. The number of aryl methyl sites for hydroxylation is 1. The number of aliphatic imine (C=N–C) groups is 1. The van der Waals surface area contributed by atoms with Gasteiger partial charge in [0.05, 0.1) is 12.3 Å². The number of aliphatic hydroxyl groups is 1. The normalized spacial score (nSPS) is 19.6. The van der Waals surface area contributed by atoms with E-state index in [9.17, 15) is 13.5 Å². The standard InChI is InChI=1S/C16H28N4O4S.HI/c1-4-17-15(18-8-10-20-9-5-11-25(20,22)23)19-12-16(3,21)14-7-6-13(2)24-14;/h6-7,21H,4-5,8-12H2,1-3H3,(H2,17,18,19);1H. The van der Waals surface area contributed by atoms with Crippen LogP contribution in [0.25, 0.3) is 0 Å². The van der Waals surface area contributed by atoms with E-state index in [0.29, 0.717) is 44.3 Å². The van der Waals surface area contributed by atoms with Crippen LogP contribution in [0.15, 0.2) is 21.5 Å². The van der Waals surface area contributed by atoms with E-state index in [-0.39, 0.29) is 36.3 Å². The molecule has 0 saturated carbocycles. The Morgan fingerprint density at radius 2 is 2.15 bits per heavy atom. The molecule has 3 N–H and O–H groups in total. The Morgan fingerprint density at radius 1 is 1.42 bits per heavy atom. The van der Waals surface area contributed by atoms with Crippen molar-refractivity contribution in [3.63, 3.8) is 0 Å². The molecule has 1 aliphatic heterocycles. The summed E-state index contributed by atoms with van der Waals surface area (Å²) in [4.78, 5) is 4.39. The third-order valence-corrected chi connectivity index (χ3v) is 5.97. The molecule has 0 spiro atoms. The Labute approximate surface area is 172 Å². The average molecular weight is 500 g/mol. The molecule has 1 fully saturated rings. The van der Waals surface area contributed by atoms with Crippen molar-refractivity contribution in [2.75, 3.05) is 38.5 Å². The van der Waals surface area contributed by atoms with Crippen LogP contribution in [-0.4, -0.2) is 62.3 Å². The number of sulfonamides is 1. The van der Waals surface area contributed by atoms with Gasteiger partial charge in [0.2, 0.25) is 10.0 Å². The van der Waals surface area contributed by atoms with Crippen LogP contribution in [0, 0.1) is 6.92 Å². The van der Waals surface area contributed by atoms with Crippen molar-refractivity contribution >= 4 is 40.0 Å². The molecule has 0 radical (unpaired) electrons. The summed E-state index contributed by atoms with van der Waals surface area (Å²) in [6, 6.07) is 3.54. The zero-order chi connectivity index (χ0) is 18.5. The van der Waals surface area contributed by atoms with Crippen LogP contribution in [0.5, 0.6) is 0 Å². The molecule has 1 aliphatic rings. The summed E-state index contributed by atoms with van der Waals surface area (Å²) in [5, 5.41) is 16.7. The zero-order valence-electron chi connectivity index (χ0n) is 15.5. The van der Waals surface area contributed by atoms with Gasteiger partial charge >= 0.3 is 0 Å². The third-order valence-electron chi connectivity index (χ3n) is 4.02. The highest BCUT2D eigenvalue weighted by Gasteiger charge is 2.28. The molecule has 10 heteroatoms. The molecule has 0 aliphatic carbocycles. The highest BCUT2D eigenvalue weighted by Crippen LogP contribution is 2.23. The largest absolute Gasteiger partial charge is 0.463 e. The van der Waals surface area contributed by atoms with Crippen LogP contribution >= 0.6 is 24.0 Å². The Kier molecular flexibility index (Phi) is 8.83. The molecule has 8 nitrogen and oxygen atoms in total. The number of halogens is 1. The molecule has 1 atom stereocenters. The van der Waals surface area contributed by atoms with E-state index in [4.69, 9.17) is 4.42 Å². The maximum absolute atomic E-state index is 11.8. The lowest BCUT2D eigenvalue weighted by Crippen LogP contribution is -2.42. The summed E-state index contributed by atoms with van der Waals surface area (Å²) < 4.78 is 30.5. The minimum absolute atomic E-state index is 0. The van der Waals surface area contributed by atoms with E-state index in [1.165, 1.54) is 4.31 Å². The van der Waals surface area contributed by atoms with Crippen LogP contribution < -0.4 is 10.6 Å². The summed E-state index contributed by atoms with van der Waals surface area (Å²) in [7, 11) is -3.09. The summed E-state index contributed by atoms with van der Waals surface area (Å²) in [6.45, 7) is 7.62. The predicted molar refractivity (Wildman–Crippen MR) is 112 cm³/mol. The molecule has 26 heavy (non-hydrogen) atoms. The monoisotopic (exact) mass is 500 g/mol. The first-order valence-corrected chi connectivity index (χ1v) is 10.1. The van der Waals surface area contributed by atoms with E-state index >= 15 is 0 Å². The molecule has 150 valence electrons. The highest BCUT2D eigenvalue weighted by atomic mass is 127. The van der Waals surface area contributed by atoms with Crippen molar-refractivity contribution < 1.29 is 17.9 Å². The van der Waals surface area contributed by atoms with Crippen molar-refractivity contribution in [2.24, 2.45) is 4.99 Å². The van der Waals surface area contributed by atoms with E-state index in [1.54, 1.807) is 19.1 Å². The van der Waals surface area contributed by atoms with Crippen LogP contribution in [-0.2, 0) is 15.6 Å². The Hall–Kier alpha value is -0.850. The molecule has 1 aromatic heterocycles. The molecule has 1 saturated heterocycles. The van der Waals surface area contributed by atoms with Gasteiger partial charge in [-0.05, 0) is 39.3 Å². The number of rotatable bonds is 7. The first kappa shape index (κ1) is 23.2. The van der Waals surface area contributed by atoms with Gasteiger partial charge in [0.1, 0.15) is 17.1 Å². The quantitative estimate of drug-likeness (QED) is 0.293. The van der Waals surface area contributed by atoms with Crippen molar-refractivity contribution in [3.05, 3.63) is 23.7 Å². The third kappa shape index (κ3) is 6.39. The SMILES string of the molecule is CCNC(=NCC(C)(O)c1ccc(C)o1)NCCN1CCCS1(=O)=O.I. The molecular formula is C16H29IN4O4S. The second-order valence-corrected chi connectivity index (χ2v) is 8.46. The summed E-state index contributed by atoms with van der Waals surface area (Å²) in [5.41, 5.74) is -1.21. The zero-order valence-corrected chi connectivity index (χ0v) is 18.6. The van der Waals surface area contributed by atoms with Gasteiger partial charge in [0.25, 0.3) is 0 Å². The second-order valence-electron chi connectivity index (χ2n) is 6.37. The summed E-state index contributed by atoms with van der Waals surface area (Å²) in [6.07, 6.45) is 0.682. The molecule has 1 aromatic rings. The highest BCUT2D eigenvalue weighted by molar-refractivity contribution is 14.0. The molecule has 0 bridgehead atoms. The fourth-order valence-electron chi connectivity index (χ4n) is 2.62. The fourth-order valence-corrected chi connectivity index (χ4v) is 4.15. The molecular weight excluding hydrogens is 471 g/mol. The average Bonchev–Trinajstić information content (AvgIpc) is 3.11. The number of nitrogens with zero attached hydrogens (tertiary/aromatic N) is 2. The lowest BCUT2D eigenvalue weighted by molar-refractivity contribution is 0.0428. The topological polar surface area (TPSA) is 107 Å². The van der Waals surface area contributed by atoms with E-state index in [2.05, 4.69) is 15.6 Å². The number of hydrogen-bond acceptors (Lipinski definition) is 5. The first-order valence-electron chi connectivity index (χ1n) is 8.54. The van der Waals surface area contributed by atoms with Crippen LogP contribution in [0.1, 0.15) is 31.8 Å². The molecule has 2 rings (SSSR count).